The molecule has 13 aromatic rings. The molecular formula is C58H34N6O. The van der Waals surface area contributed by atoms with E-state index in [1.165, 1.54) is 0 Å². The van der Waals surface area contributed by atoms with Crippen LogP contribution >= 0.6 is 0 Å². The number of hydrogen-bond acceptors (Lipinski definition) is 5. The Hall–Kier alpha value is -9.12. The molecule has 0 aliphatic carbocycles. The van der Waals surface area contributed by atoms with Gasteiger partial charge in [-0.05, 0) is 71.7 Å². The predicted molar refractivity (Wildman–Crippen MR) is 262 cm³/mol. The standard InChI is InChI=1S/C58H34N6O/c59-35-40-34-39(30-32-48(40)64-49-23-10-7-18-42(49)44-31-33-51-53(54(44)64)46-20-8-11-24-50(46)63(51)41-16-5-2-6-17-41)57-60-56(38-28-26-37(27-29-38)36-14-3-1-4-15-36)61-58(62-57)47-22-13-21-45-43-19-9-12-25-52(43)65-55(45)47/h1-34H/i30D,32D,34D. The highest BCUT2D eigenvalue weighted by Crippen LogP contribution is 2.43. The summed E-state index contributed by atoms with van der Waals surface area (Å²) in [6.45, 7) is 0. The Morgan fingerprint density at radius 3 is 1.86 bits per heavy atom. The number of rotatable bonds is 6. The van der Waals surface area contributed by atoms with Gasteiger partial charge in [0.05, 0.1) is 43.0 Å². The molecule has 4 aromatic heterocycles. The van der Waals surface area contributed by atoms with Crippen LogP contribution in [-0.4, -0.2) is 24.1 Å². The highest BCUT2D eigenvalue weighted by molar-refractivity contribution is 6.26. The molecule has 9 aromatic carbocycles. The Kier molecular flexibility index (Phi) is 7.46. The topological polar surface area (TPSA) is 85.5 Å². The molecular weight excluding hydrogens is 797 g/mol. The normalized spacial score (nSPS) is 12.3. The van der Waals surface area contributed by atoms with Gasteiger partial charge >= 0.3 is 0 Å². The molecule has 4 heterocycles. The van der Waals surface area contributed by atoms with E-state index in [0.717, 1.165) is 71.2 Å². The first-order chi connectivity index (χ1) is 33.5. The number of furan rings is 1. The first-order valence-electron chi connectivity index (χ1n) is 22.8. The molecule has 0 saturated carbocycles. The molecule has 13 rings (SSSR count). The van der Waals surface area contributed by atoms with Crippen LogP contribution in [0, 0.1) is 11.3 Å². The van der Waals surface area contributed by atoms with Gasteiger partial charge in [0.1, 0.15) is 17.2 Å². The highest BCUT2D eigenvalue weighted by atomic mass is 16.3. The van der Waals surface area contributed by atoms with Crippen molar-refractivity contribution in [1.82, 2.24) is 24.1 Å². The predicted octanol–water partition coefficient (Wildman–Crippen LogP) is 14.5. The lowest BCUT2D eigenvalue weighted by atomic mass is 10.0. The third kappa shape index (κ3) is 5.71. The van der Waals surface area contributed by atoms with E-state index in [2.05, 4.69) is 47.0 Å². The number of para-hydroxylation sites is 5. The number of nitriles is 1. The van der Waals surface area contributed by atoms with E-state index in [9.17, 15) is 9.37 Å². The van der Waals surface area contributed by atoms with Crippen LogP contribution in [0.3, 0.4) is 0 Å². The Labute approximate surface area is 376 Å². The minimum absolute atomic E-state index is 0.00709. The molecule has 0 N–H and O–H groups in total. The molecule has 7 heteroatoms. The van der Waals surface area contributed by atoms with Crippen molar-refractivity contribution >= 4 is 65.6 Å². The van der Waals surface area contributed by atoms with Crippen molar-refractivity contribution in [2.24, 2.45) is 0 Å². The SMILES string of the molecule is [2H]c1c([2H])c(-n2c3ccccc3c3ccc4c(c5ccccc5n4-c4ccccc4)c32)c(C#N)c([2H])c1-c1nc(-c2ccc(-c3ccccc3)cc2)nc(-c2cccc3c2oc2ccccc23)n1. The van der Waals surface area contributed by atoms with Gasteiger partial charge in [-0.3, -0.25) is 0 Å². The van der Waals surface area contributed by atoms with Crippen molar-refractivity contribution < 1.29 is 8.53 Å². The second kappa shape index (κ2) is 14.5. The maximum Gasteiger partial charge on any atom is 0.167 e. The fraction of sp³-hybridized carbons (Fsp3) is 0. The van der Waals surface area contributed by atoms with Crippen molar-refractivity contribution in [3.63, 3.8) is 0 Å². The van der Waals surface area contributed by atoms with Crippen LogP contribution in [0.2, 0.25) is 0 Å². The van der Waals surface area contributed by atoms with Gasteiger partial charge in [0, 0.05) is 49.1 Å². The molecule has 0 amide bonds. The molecule has 0 aliphatic rings. The Morgan fingerprint density at radius 2 is 1.08 bits per heavy atom. The molecule has 0 unspecified atom stereocenters. The molecule has 0 fully saturated rings. The van der Waals surface area contributed by atoms with E-state index in [0.29, 0.717) is 28.1 Å². The van der Waals surface area contributed by atoms with E-state index in [-0.39, 0.29) is 46.6 Å². The molecule has 0 spiro atoms. The van der Waals surface area contributed by atoms with E-state index in [1.54, 1.807) is 0 Å². The van der Waals surface area contributed by atoms with E-state index >= 15 is 0 Å². The maximum absolute atomic E-state index is 11.2. The largest absolute Gasteiger partial charge is 0.455 e. The van der Waals surface area contributed by atoms with Gasteiger partial charge in [-0.1, -0.05) is 146 Å². The van der Waals surface area contributed by atoms with Gasteiger partial charge in [-0.15, -0.1) is 0 Å². The highest BCUT2D eigenvalue weighted by Gasteiger charge is 2.23. The molecule has 0 atom stereocenters. The number of aromatic nitrogens is 5. The van der Waals surface area contributed by atoms with Crippen LogP contribution in [0.5, 0.6) is 0 Å². The Bertz CT molecular complexity index is 4250. The maximum atomic E-state index is 11.2. The minimum atomic E-state index is -0.293. The van der Waals surface area contributed by atoms with Crippen LogP contribution in [0.1, 0.15) is 9.68 Å². The quantitative estimate of drug-likeness (QED) is 0.167. The third-order valence-corrected chi connectivity index (χ3v) is 12.4. The molecule has 302 valence electrons. The first kappa shape index (κ1) is 33.5. The van der Waals surface area contributed by atoms with Gasteiger partial charge in [0.2, 0.25) is 0 Å². The number of nitrogens with zero attached hydrogens (tertiary/aromatic N) is 6. The van der Waals surface area contributed by atoms with Crippen LogP contribution in [-0.2, 0) is 0 Å². The molecule has 0 radical (unpaired) electrons. The fourth-order valence-corrected chi connectivity index (χ4v) is 9.46. The molecule has 0 aliphatic heterocycles. The van der Waals surface area contributed by atoms with Crippen LogP contribution in [0.15, 0.2) is 211 Å². The molecule has 0 bridgehead atoms. The van der Waals surface area contributed by atoms with Gasteiger partial charge in [0.25, 0.3) is 0 Å². The Balaban J connectivity index is 1.08. The molecule has 7 nitrogen and oxygen atoms in total. The van der Waals surface area contributed by atoms with Gasteiger partial charge in [-0.2, -0.15) is 5.26 Å². The summed E-state index contributed by atoms with van der Waals surface area (Å²) in [6, 6.07) is 63.6. The second-order valence-electron chi connectivity index (χ2n) is 16.0. The smallest absolute Gasteiger partial charge is 0.167 e. The second-order valence-corrected chi connectivity index (χ2v) is 16.0. The van der Waals surface area contributed by atoms with E-state index in [4.69, 9.17) is 19.4 Å². The summed E-state index contributed by atoms with van der Waals surface area (Å²) in [5.41, 5.74) is 9.08. The first-order valence-corrected chi connectivity index (χ1v) is 21.3. The van der Waals surface area contributed by atoms with Crippen molar-refractivity contribution in [2.45, 2.75) is 0 Å². The summed E-state index contributed by atoms with van der Waals surface area (Å²) in [5.74, 6) is 0.548. The lowest BCUT2D eigenvalue weighted by Gasteiger charge is -2.13. The summed E-state index contributed by atoms with van der Waals surface area (Å²) < 4.78 is 40.3. The zero-order chi connectivity index (χ0) is 45.6. The third-order valence-electron chi connectivity index (χ3n) is 12.4. The number of benzene rings is 9. The summed E-state index contributed by atoms with van der Waals surface area (Å²) in [4.78, 5) is 15.0. The van der Waals surface area contributed by atoms with Gasteiger partial charge < -0.3 is 13.6 Å². The zero-order valence-electron chi connectivity index (χ0n) is 37.5. The summed E-state index contributed by atoms with van der Waals surface area (Å²) in [5, 5.41) is 16.8. The van der Waals surface area contributed by atoms with Crippen molar-refractivity contribution in [1.29, 1.82) is 5.26 Å². The monoisotopic (exact) mass is 833 g/mol. The van der Waals surface area contributed by atoms with Gasteiger partial charge in [-0.25, -0.2) is 15.0 Å². The van der Waals surface area contributed by atoms with E-state index in [1.807, 2.05) is 156 Å². The molecule has 0 saturated heterocycles. The van der Waals surface area contributed by atoms with E-state index < -0.39 is 0 Å². The minimum Gasteiger partial charge on any atom is -0.455 e. The molecule has 65 heavy (non-hydrogen) atoms. The van der Waals surface area contributed by atoms with Crippen molar-refractivity contribution in [3.05, 3.63) is 212 Å². The fourth-order valence-electron chi connectivity index (χ4n) is 9.46. The lowest BCUT2D eigenvalue weighted by molar-refractivity contribution is 0.669. The van der Waals surface area contributed by atoms with Crippen molar-refractivity contribution in [3.8, 4) is 62.7 Å². The lowest BCUT2D eigenvalue weighted by Crippen LogP contribution is -2.02. The summed E-state index contributed by atoms with van der Waals surface area (Å²) in [7, 11) is 0. The van der Waals surface area contributed by atoms with Crippen LogP contribution < -0.4 is 0 Å². The number of hydrogen-bond donors (Lipinski definition) is 0. The van der Waals surface area contributed by atoms with Crippen LogP contribution in [0.4, 0.5) is 0 Å². The zero-order valence-corrected chi connectivity index (χ0v) is 34.5. The van der Waals surface area contributed by atoms with Gasteiger partial charge in [0.15, 0.2) is 17.5 Å². The summed E-state index contributed by atoms with van der Waals surface area (Å²) in [6.07, 6.45) is 0. The number of fused-ring (bicyclic) bond motifs is 10. The average Bonchev–Trinajstić information content (AvgIpc) is 4.06. The summed E-state index contributed by atoms with van der Waals surface area (Å²) >= 11 is 0. The Morgan fingerprint density at radius 1 is 0.462 bits per heavy atom. The average molecular weight is 834 g/mol. The van der Waals surface area contributed by atoms with Crippen LogP contribution in [0.25, 0.3) is 122 Å². The van der Waals surface area contributed by atoms with Crippen molar-refractivity contribution in [2.75, 3.05) is 0 Å².